The number of hydrogen-bond acceptors (Lipinski definition) is 3. The number of nitrogens with one attached hydrogen (secondary N) is 1. The Morgan fingerprint density at radius 3 is 2.53 bits per heavy atom. The summed E-state index contributed by atoms with van der Waals surface area (Å²) in [5.41, 5.74) is 0. The number of hydrogen-bond donors (Lipinski definition) is 1. The van der Waals surface area contributed by atoms with Crippen LogP contribution in [0.2, 0.25) is 0 Å². The molecule has 106 valence electrons. The van der Waals surface area contributed by atoms with E-state index in [1.807, 2.05) is 11.8 Å². The number of thiophene rings is 1. The first-order valence-corrected chi connectivity index (χ1v) is 8.14. The van der Waals surface area contributed by atoms with E-state index in [0.717, 1.165) is 25.9 Å². The molecule has 19 heavy (non-hydrogen) atoms. The fourth-order valence-electron chi connectivity index (χ4n) is 2.63. The first-order chi connectivity index (χ1) is 9.18. The number of amides is 1. The molecule has 1 fully saturated rings. The van der Waals surface area contributed by atoms with Crippen LogP contribution in [0.5, 0.6) is 0 Å². The second kappa shape index (κ2) is 7.06. The van der Waals surface area contributed by atoms with Crippen molar-refractivity contribution < 1.29 is 4.79 Å². The lowest BCUT2D eigenvalue weighted by Gasteiger charge is -2.26. The second-order valence-corrected chi connectivity index (χ2v) is 6.34. The van der Waals surface area contributed by atoms with Gasteiger partial charge in [0.25, 0.3) is 0 Å². The summed E-state index contributed by atoms with van der Waals surface area (Å²) in [6.45, 7) is 5.96. The zero-order valence-electron chi connectivity index (χ0n) is 11.9. The first kappa shape index (κ1) is 14.5. The highest BCUT2D eigenvalue weighted by Gasteiger charge is 2.22. The molecule has 1 aromatic rings. The Balaban J connectivity index is 1.87. The lowest BCUT2D eigenvalue weighted by Crippen LogP contribution is -2.45. The normalized spacial score (nSPS) is 19.8. The molecular weight excluding hydrogens is 256 g/mol. The van der Waals surface area contributed by atoms with Gasteiger partial charge in [0, 0.05) is 24.0 Å². The molecule has 1 saturated heterocycles. The number of rotatable bonds is 4. The summed E-state index contributed by atoms with van der Waals surface area (Å²) in [5, 5.41) is 5.50. The van der Waals surface area contributed by atoms with Crippen LogP contribution in [0.1, 0.15) is 50.4 Å². The molecule has 2 atom stereocenters. The Kier molecular flexibility index (Phi) is 5.40. The number of carbonyl (C=O) groups is 1. The van der Waals surface area contributed by atoms with E-state index in [1.165, 1.54) is 17.7 Å². The fourth-order valence-corrected chi connectivity index (χ4v) is 3.37. The van der Waals surface area contributed by atoms with Gasteiger partial charge in [-0.1, -0.05) is 18.9 Å². The van der Waals surface area contributed by atoms with Crippen LogP contribution in [-0.4, -0.2) is 29.9 Å². The molecule has 2 heterocycles. The predicted molar refractivity (Wildman–Crippen MR) is 80.4 cm³/mol. The van der Waals surface area contributed by atoms with Gasteiger partial charge in [0.1, 0.15) is 0 Å². The summed E-state index contributed by atoms with van der Waals surface area (Å²) < 4.78 is 0. The van der Waals surface area contributed by atoms with Gasteiger partial charge in [0.05, 0.1) is 6.04 Å². The Morgan fingerprint density at radius 2 is 1.95 bits per heavy atom. The van der Waals surface area contributed by atoms with E-state index in [0.29, 0.717) is 0 Å². The molecule has 1 amide bonds. The van der Waals surface area contributed by atoms with Crippen LogP contribution in [0.25, 0.3) is 0 Å². The maximum atomic E-state index is 12.4. The van der Waals surface area contributed by atoms with Gasteiger partial charge in [-0.2, -0.15) is 0 Å². The van der Waals surface area contributed by atoms with Crippen molar-refractivity contribution in [1.29, 1.82) is 0 Å². The molecule has 0 aliphatic carbocycles. The van der Waals surface area contributed by atoms with E-state index in [-0.39, 0.29) is 18.0 Å². The summed E-state index contributed by atoms with van der Waals surface area (Å²) in [5.74, 6) is 0.255. The van der Waals surface area contributed by atoms with Crippen LogP contribution in [-0.2, 0) is 4.79 Å². The molecule has 0 radical (unpaired) electrons. The molecule has 1 unspecified atom stereocenters. The SMILES string of the molecule is CC(N[C@H](C)c1cccs1)C(=O)N1CCCCCC1. The van der Waals surface area contributed by atoms with Gasteiger partial charge in [-0.15, -0.1) is 11.3 Å². The molecule has 0 saturated carbocycles. The minimum atomic E-state index is -0.102. The number of carbonyl (C=O) groups excluding carboxylic acids is 1. The van der Waals surface area contributed by atoms with Crippen LogP contribution in [0.3, 0.4) is 0 Å². The molecule has 0 aromatic carbocycles. The zero-order chi connectivity index (χ0) is 13.7. The Hall–Kier alpha value is -0.870. The van der Waals surface area contributed by atoms with Crippen molar-refractivity contribution in [2.24, 2.45) is 0 Å². The number of likely N-dealkylation sites (tertiary alicyclic amines) is 1. The second-order valence-electron chi connectivity index (χ2n) is 5.36. The van der Waals surface area contributed by atoms with Gasteiger partial charge < -0.3 is 4.90 Å². The van der Waals surface area contributed by atoms with Crippen LogP contribution < -0.4 is 5.32 Å². The van der Waals surface area contributed by atoms with Crippen molar-refractivity contribution >= 4 is 17.2 Å². The van der Waals surface area contributed by atoms with E-state index >= 15 is 0 Å². The maximum Gasteiger partial charge on any atom is 0.239 e. The largest absolute Gasteiger partial charge is 0.341 e. The minimum absolute atomic E-state index is 0.102. The predicted octanol–water partition coefficient (Wildman–Crippen LogP) is 3.19. The smallest absolute Gasteiger partial charge is 0.239 e. The van der Waals surface area contributed by atoms with Crippen LogP contribution in [0.15, 0.2) is 17.5 Å². The minimum Gasteiger partial charge on any atom is -0.341 e. The Labute approximate surface area is 120 Å². The molecule has 0 bridgehead atoms. The van der Waals surface area contributed by atoms with Crippen molar-refractivity contribution in [2.45, 2.75) is 51.6 Å². The van der Waals surface area contributed by atoms with Gasteiger partial charge >= 0.3 is 0 Å². The van der Waals surface area contributed by atoms with Gasteiger partial charge in [-0.25, -0.2) is 0 Å². The lowest BCUT2D eigenvalue weighted by atomic mass is 10.2. The summed E-state index contributed by atoms with van der Waals surface area (Å²) in [6, 6.07) is 4.31. The summed E-state index contributed by atoms with van der Waals surface area (Å²) >= 11 is 1.74. The maximum absolute atomic E-state index is 12.4. The standard InChI is InChI=1S/C15H24N2OS/c1-12(14-8-7-11-19-14)16-13(2)15(18)17-9-5-3-4-6-10-17/h7-8,11-13,16H,3-6,9-10H2,1-2H3/t12-,13?/m1/s1. The van der Waals surface area contributed by atoms with Gasteiger partial charge in [0.15, 0.2) is 0 Å². The molecule has 1 aromatic heterocycles. The average Bonchev–Trinajstić information content (AvgIpc) is 2.81. The quantitative estimate of drug-likeness (QED) is 0.918. The fraction of sp³-hybridized carbons (Fsp3) is 0.667. The molecule has 1 aliphatic heterocycles. The first-order valence-electron chi connectivity index (χ1n) is 7.26. The highest BCUT2D eigenvalue weighted by atomic mass is 32.1. The summed E-state index contributed by atoms with van der Waals surface area (Å²) in [6.07, 6.45) is 4.83. The van der Waals surface area contributed by atoms with E-state index in [1.54, 1.807) is 11.3 Å². The van der Waals surface area contributed by atoms with E-state index < -0.39 is 0 Å². The zero-order valence-corrected chi connectivity index (χ0v) is 12.7. The van der Waals surface area contributed by atoms with Crippen LogP contribution in [0, 0.1) is 0 Å². The van der Waals surface area contributed by atoms with Crippen molar-refractivity contribution in [3.8, 4) is 0 Å². The van der Waals surface area contributed by atoms with Crippen LogP contribution in [0.4, 0.5) is 0 Å². The average molecular weight is 280 g/mol. The van der Waals surface area contributed by atoms with Crippen molar-refractivity contribution in [3.63, 3.8) is 0 Å². The molecule has 0 spiro atoms. The van der Waals surface area contributed by atoms with Gasteiger partial charge in [-0.05, 0) is 38.1 Å². The Morgan fingerprint density at radius 1 is 1.26 bits per heavy atom. The highest BCUT2D eigenvalue weighted by molar-refractivity contribution is 7.10. The van der Waals surface area contributed by atoms with Crippen molar-refractivity contribution in [3.05, 3.63) is 22.4 Å². The monoisotopic (exact) mass is 280 g/mol. The van der Waals surface area contributed by atoms with E-state index in [4.69, 9.17) is 0 Å². The molecule has 2 rings (SSSR count). The third-order valence-corrected chi connectivity index (χ3v) is 4.81. The topological polar surface area (TPSA) is 32.3 Å². The molecule has 4 heteroatoms. The third-order valence-electron chi connectivity index (χ3n) is 3.76. The summed E-state index contributed by atoms with van der Waals surface area (Å²) in [4.78, 5) is 15.7. The molecule has 1 aliphatic rings. The van der Waals surface area contributed by atoms with Gasteiger partial charge in [0.2, 0.25) is 5.91 Å². The van der Waals surface area contributed by atoms with Gasteiger partial charge in [-0.3, -0.25) is 10.1 Å². The van der Waals surface area contributed by atoms with Crippen molar-refractivity contribution in [2.75, 3.05) is 13.1 Å². The Bertz CT molecular complexity index is 383. The lowest BCUT2D eigenvalue weighted by molar-refractivity contribution is -0.133. The third kappa shape index (κ3) is 4.05. The molecule has 3 nitrogen and oxygen atoms in total. The number of nitrogens with zero attached hydrogens (tertiary/aromatic N) is 1. The highest BCUT2D eigenvalue weighted by Crippen LogP contribution is 2.19. The molecule has 1 N–H and O–H groups in total. The van der Waals surface area contributed by atoms with E-state index in [2.05, 4.69) is 29.8 Å². The van der Waals surface area contributed by atoms with Crippen molar-refractivity contribution in [1.82, 2.24) is 10.2 Å². The molecular formula is C15H24N2OS. The van der Waals surface area contributed by atoms with E-state index in [9.17, 15) is 4.79 Å². The van der Waals surface area contributed by atoms with Crippen LogP contribution >= 0.6 is 11.3 Å². The summed E-state index contributed by atoms with van der Waals surface area (Å²) in [7, 11) is 0.